The van der Waals surface area contributed by atoms with E-state index in [4.69, 9.17) is 4.74 Å². The summed E-state index contributed by atoms with van der Waals surface area (Å²) in [5, 5.41) is 3.28. The van der Waals surface area contributed by atoms with Crippen molar-refractivity contribution in [2.75, 3.05) is 27.7 Å². The van der Waals surface area contributed by atoms with Crippen LogP contribution in [0.15, 0.2) is 0 Å². The Labute approximate surface area is 92.0 Å². The van der Waals surface area contributed by atoms with Crippen molar-refractivity contribution in [1.82, 2.24) is 10.2 Å². The van der Waals surface area contributed by atoms with Crippen molar-refractivity contribution in [3.63, 3.8) is 0 Å². The van der Waals surface area contributed by atoms with Crippen molar-refractivity contribution in [3.05, 3.63) is 0 Å². The maximum absolute atomic E-state index is 11.4. The van der Waals surface area contributed by atoms with Crippen LogP contribution in [0.25, 0.3) is 0 Å². The molecule has 88 valence electrons. The topological polar surface area (TPSA) is 41.6 Å². The van der Waals surface area contributed by atoms with Crippen molar-refractivity contribution >= 4 is 5.91 Å². The zero-order chi connectivity index (χ0) is 11.6. The van der Waals surface area contributed by atoms with Gasteiger partial charge in [0.2, 0.25) is 5.91 Å². The third kappa shape index (κ3) is 2.49. The van der Waals surface area contributed by atoms with Crippen molar-refractivity contribution in [1.29, 1.82) is 0 Å². The third-order valence-electron chi connectivity index (χ3n) is 3.46. The molecular weight excluding hydrogens is 192 g/mol. The molecule has 1 aliphatic carbocycles. The molecule has 0 radical (unpaired) electrons. The van der Waals surface area contributed by atoms with Crippen molar-refractivity contribution < 1.29 is 9.53 Å². The molecule has 0 saturated heterocycles. The maximum Gasteiger partial charge on any atom is 0.236 e. The molecular formula is C11H22N2O2. The molecule has 1 saturated carbocycles. The van der Waals surface area contributed by atoms with E-state index in [1.54, 1.807) is 26.1 Å². The van der Waals surface area contributed by atoms with Gasteiger partial charge in [-0.1, -0.05) is 13.8 Å². The van der Waals surface area contributed by atoms with E-state index in [1.807, 2.05) is 0 Å². The summed E-state index contributed by atoms with van der Waals surface area (Å²) in [6.07, 6.45) is 1.30. The number of nitrogens with one attached hydrogen (secondary N) is 1. The van der Waals surface area contributed by atoms with Gasteiger partial charge in [0.25, 0.3) is 0 Å². The number of amides is 1. The Hall–Kier alpha value is -0.610. The molecule has 2 unspecified atom stereocenters. The number of hydrogen-bond donors (Lipinski definition) is 1. The van der Waals surface area contributed by atoms with E-state index in [1.165, 1.54) is 0 Å². The zero-order valence-electron chi connectivity index (χ0n) is 10.3. The number of ether oxygens (including phenoxy) is 1. The van der Waals surface area contributed by atoms with E-state index in [-0.39, 0.29) is 11.3 Å². The number of nitrogens with zero attached hydrogens (tertiary/aromatic N) is 1. The Morgan fingerprint density at radius 2 is 2.13 bits per heavy atom. The largest absolute Gasteiger partial charge is 0.381 e. The predicted octanol–water partition coefficient (Wildman–Crippen LogP) is 0.478. The maximum atomic E-state index is 11.4. The molecule has 4 nitrogen and oxygen atoms in total. The molecule has 0 spiro atoms. The van der Waals surface area contributed by atoms with Gasteiger partial charge >= 0.3 is 0 Å². The molecule has 0 aromatic carbocycles. The molecule has 0 aromatic heterocycles. The number of rotatable bonds is 4. The lowest BCUT2D eigenvalue weighted by atomic mass is 9.64. The standard InChI is InChI=1S/C11H22N2O2/c1-11(2)8(6-9(11)15-5)12-7-10(14)13(3)4/h8-9,12H,6-7H2,1-5H3. The summed E-state index contributed by atoms with van der Waals surface area (Å²) in [6.45, 7) is 4.75. The minimum Gasteiger partial charge on any atom is -0.381 e. The van der Waals surface area contributed by atoms with E-state index >= 15 is 0 Å². The number of methoxy groups -OCH3 is 1. The second-order valence-electron chi connectivity index (χ2n) is 5.00. The summed E-state index contributed by atoms with van der Waals surface area (Å²) in [5.74, 6) is 0.117. The van der Waals surface area contributed by atoms with Crippen LogP contribution in [-0.4, -0.2) is 50.7 Å². The fourth-order valence-electron chi connectivity index (χ4n) is 2.00. The van der Waals surface area contributed by atoms with Gasteiger partial charge in [-0.05, 0) is 6.42 Å². The highest BCUT2D eigenvalue weighted by Crippen LogP contribution is 2.42. The van der Waals surface area contributed by atoms with Gasteiger partial charge in [-0.15, -0.1) is 0 Å². The van der Waals surface area contributed by atoms with Crippen LogP contribution in [0.3, 0.4) is 0 Å². The van der Waals surface area contributed by atoms with Crippen LogP contribution >= 0.6 is 0 Å². The van der Waals surface area contributed by atoms with Gasteiger partial charge in [-0.3, -0.25) is 4.79 Å². The summed E-state index contributed by atoms with van der Waals surface area (Å²) < 4.78 is 5.35. The van der Waals surface area contributed by atoms with Crippen LogP contribution in [-0.2, 0) is 9.53 Å². The molecule has 1 fully saturated rings. The first-order valence-electron chi connectivity index (χ1n) is 5.36. The second kappa shape index (κ2) is 4.49. The Bertz CT molecular complexity index is 239. The number of likely N-dealkylation sites (N-methyl/N-ethyl adjacent to an activating group) is 1. The Morgan fingerprint density at radius 3 is 2.53 bits per heavy atom. The summed E-state index contributed by atoms with van der Waals surface area (Å²) in [5.41, 5.74) is 0.126. The van der Waals surface area contributed by atoms with Crippen molar-refractivity contribution in [2.45, 2.75) is 32.4 Å². The number of carbonyl (C=O) groups excluding carboxylic acids is 1. The Kier molecular flexibility index (Phi) is 3.73. The fourth-order valence-corrected chi connectivity index (χ4v) is 2.00. The molecule has 0 aromatic rings. The lowest BCUT2D eigenvalue weighted by molar-refractivity contribution is -0.130. The van der Waals surface area contributed by atoms with E-state index < -0.39 is 0 Å². The van der Waals surface area contributed by atoms with Gasteiger partial charge in [-0.25, -0.2) is 0 Å². The quantitative estimate of drug-likeness (QED) is 0.740. The lowest BCUT2D eigenvalue weighted by Gasteiger charge is -2.51. The minimum atomic E-state index is 0.117. The average Bonchev–Trinajstić information content (AvgIpc) is 2.15. The number of carbonyl (C=O) groups is 1. The van der Waals surface area contributed by atoms with Gasteiger partial charge in [0, 0.05) is 32.7 Å². The van der Waals surface area contributed by atoms with Crippen molar-refractivity contribution in [3.8, 4) is 0 Å². The summed E-state index contributed by atoms with van der Waals surface area (Å²) in [4.78, 5) is 13.0. The highest BCUT2D eigenvalue weighted by molar-refractivity contribution is 5.77. The summed E-state index contributed by atoms with van der Waals surface area (Å²) >= 11 is 0. The molecule has 1 rings (SSSR count). The molecule has 1 aliphatic rings. The van der Waals surface area contributed by atoms with Crippen LogP contribution in [0.2, 0.25) is 0 Å². The van der Waals surface area contributed by atoms with Crippen LogP contribution in [0.1, 0.15) is 20.3 Å². The molecule has 1 N–H and O–H groups in total. The normalized spacial score (nSPS) is 28.3. The third-order valence-corrected chi connectivity index (χ3v) is 3.46. The number of hydrogen-bond acceptors (Lipinski definition) is 3. The highest BCUT2D eigenvalue weighted by atomic mass is 16.5. The van der Waals surface area contributed by atoms with E-state index in [0.717, 1.165) is 6.42 Å². The van der Waals surface area contributed by atoms with Gasteiger partial charge in [0.1, 0.15) is 0 Å². The highest BCUT2D eigenvalue weighted by Gasteiger charge is 2.48. The fraction of sp³-hybridized carbons (Fsp3) is 0.909. The minimum absolute atomic E-state index is 0.117. The first-order chi connectivity index (χ1) is 6.89. The molecule has 1 amide bonds. The molecule has 4 heteroatoms. The van der Waals surface area contributed by atoms with Gasteiger partial charge in [0.05, 0.1) is 12.6 Å². The second-order valence-corrected chi connectivity index (χ2v) is 5.00. The molecule has 2 atom stereocenters. The van der Waals surface area contributed by atoms with E-state index in [9.17, 15) is 4.79 Å². The van der Waals surface area contributed by atoms with E-state index in [0.29, 0.717) is 18.7 Å². The first kappa shape index (κ1) is 12.5. The summed E-state index contributed by atoms with van der Waals surface area (Å²) in [7, 11) is 5.29. The smallest absolute Gasteiger partial charge is 0.236 e. The SMILES string of the molecule is COC1CC(NCC(=O)N(C)C)C1(C)C. The van der Waals surface area contributed by atoms with Crippen LogP contribution in [0, 0.1) is 5.41 Å². The van der Waals surface area contributed by atoms with Gasteiger partial charge in [0.15, 0.2) is 0 Å². The van der Waals surface area contributed by atoms with Crippen LogP contribution < -0.4 is 5.32 Å². The Morgan fingerprint density at radius 1 is 1.53 bits per heavy atom. The first-order valence-corrected chi connectivity index (χ1v) is 5.36. The predicted molar refractivity (Wildman–Crippen MR) is 59.7 cm³/mol. The average molecular weight is 214 g/mol. The van der Waals surface area contributed by atoms with Crippen LogP contribution in [0.4, 0.5) is 0 Å². The monoisotopic (exact) mass is 214 g/mol. The lowest BCUT2D eigenvalue weighted by Crippen LogP contribution is -2.61. The molecule has 15 heavy (non-hydrogen) atoms. The van der Waals surface area contributed by atoms with Crippen LogP contribution in [0.5, 0.6) is 0 Å². The molecule has 0 aliphatic heterocycles. The summed E-state index contributed by atoms with van der Waals surface area (Å²) in [6, 6.07) is 0.381. The van der Waals surface area contributed by atoms with Gasteiger partial charge < -0.3 is 15.0 Å². The molecule has 0 heterocycles. The van der Waals surface area contributed by atoms with Gasteiger partial charge in [-0.2, -0.15) is 0 Å². The van der Waals surface area contributed by atoms with E-state index in [2.05, 4.69) is 19.2 Å². The van der Waals surface area contributed by atoms with Crippen molar-refractivity contribution in [2.24, 2.45) is 5.41 Å². The molecule has 0 bridgehead atoms. The Balaban J connectivity index is 2.34. The zero-order valence-corrected chi connectivity index (χ0v) is 10.3.